The first kappa shape index (κ1) is 7.38. The molecule has 0 radical (unpaired) electrons. The van der Waals surface area contributed by atoms with Crippen LogP contribution in [0.1, 0.15) is 6.42 Å². The van der Waals surface area contributed by atoms with Crippen LogP contribution in [0, 0.1) is 0 Å². The van der Waals surface area contributed by atoms with Crippen LogP contribution in [0.5, 0.6) is 0 Å². The molecule has 0 aliphatic carbocycles. The van der Waals surface area contributed by atoms with Crippen LogP contribution in [0.25, 0.3) is 0 Å². The summed E-state index contributed by atoms with van der Waals surface area (Å²) in [4.78, 5) is 2.45. The number of nitrogens with one attached hydrogen (secondary N) is 1. The zero-order valence-corrected chi connectivity index (χ0v) is 6.72. The van der Waals surface area contributed by atoms with Crippen LogP contribution in [0.2, 0.25) is 0 Å². The molecule has 2 atom stereocenters. The molecule has 0 spiro atoms. The monoisotopic (exact) mass is 146 g/mol. The van der Waals surface area contributed by atoms with E-state index >= 15 is 0 Å². The first-order chi connectivity index (χ1) is 3.86. The summed E-state index contributed by atoms with van der Waals surface area (Å²) in [6.07, 6.45) is 1.39. The van der Waals surface area contributed by atoms with E-state index < -0.39 is 0 Å². The highest BCUT2D eigenvalue weighted by Crippen LogP contribution is 2.20. The van der Waals surface area contributed by atoms with Gasteiger partial charge in [0.05, 0.1) is 0 Å². The van der Waals surface area contributed by atoms with Gasteiger partial charge in [-0.3, -0.25) is 0 Å². The molecule has 54 valence electrons. The van der Waals surface area contributed by atoms with E-state index in [1.165, 1.54) is 19.5 Å². The lowest BCUT2D eigenvalue weighted by atomic mass is 10.2. The number of rotatable bonds is 0. The number of likely N-dealkylation sites (tertiary alicyclic amines) is 1. The van der Waals surface area contributed by atoms with E-state index in [1.807, 2.05) is 0 Å². The van der Waals surface area contributed by atoms with Gasteiger partial charge in [-0.15, -0.1) is 0 Å². The standard InChI is InChI=1S/C6H12N2.H2S/c1-8-4-5-2-6(8)3-7-5;/h5-7H,2-4H2,1H3;1H2. The summed E-state index contributed by atoms with van der Waals surface area (Å²) in [5.74, 6) is 0. The van der Waals surface area contributed by atoms with Gasteiger partial charge < -0.3 is 10.2 Å². The Labute approximate surface area is 63.1 Å². The third-order valence-corrected chi connectivity index (χ3v) is 2.33. The summed E-state index contributed by atoms with van der Waals surface area (Å²) >= 11 is 0. The topological polar surface area (TPSA) is 15.3 Å². The highest BCUT2D eigenvalue weighted by Gasteiger charge is 2.34. The molecule has 0 saturated carbocycles. The Morgan fingerprint density at radius 2 is 2.33 bits per heavy atom. The molecule has 1 N–H and O–H groups in total. The fourth-order valence-corrected chi connectivity index (χ4v) is 1.77. The van der Waals surface area contributed by atoms with Crippen LogP contribution in [-0.4, -0.2) is 37.1 Å². The molecule has 0 aromatic heterocycles. The van der Waals surface area contributed by atoms with Crippen molar-refractivity contribution in [1.82, 2.24) is 10.2 Å². The third kappa shape index (κ3) is 1.09. The molecule has 2 aliphatic rings. The van der Waals surface area contributed by atoms with Gasteiger partial charge in [-0.05, 0) is 13.5 Å². The van der Waals surface area contributed by atoms with Gasteiger partial charge >= 0.3 is 0 Å². The van der Waals surface area contributed by atoms with Crippen molar-refractivity contribution in [3.63, 3.8) is 0 Å². The second-order valence-electron chi connectivity index (χ2n) is 2.93. The highest BCUT2D eigenvalue weighted by atomic mass is 32.1. The minimum atomic E-state index is 0. The number of hydrogen-bond acceptors (Lipinski definition) is 2. The lowest BCUT2D eigenvalue weighted by Gasteiger charge is -2.21. The molecule has 9 heavy (non-hydrogen) atoms. The maximum absolute atomic E-state index is 3.44. The van der Waals surface area contributed by atoms with Crippen LogP contribution >= 0.6 is 13.5 Å². The Bertz CT molecular complexity index is 105. The molecule has 2 nitrogen and oxygen atoms in total. The van der Waals surface area contributed by atoms with Crippen molar-refractivity contribution in [2.24, 2.45) is 0 Å². The van der Waals surface area contributed by atoms with Gasteiger partial charge in [0.15, 0.2) is 0 Å². The number of hydrogen-bond donors (Lipinski definition) is 1. The second-order valence-corrected chi connectivity index (χ2v) is 2.93. The summed E-state index contributed by atoms with van der Waals surface area (Å²) < 4.78 is 0. The normalized spacial score (nSPS) is 41.0. The van der Waals surface area contributed by atoms with Crippen molar-refractivity contribution >= 4 is 13.5 Å². The fourth-order valence-electron chi connectivity index (χ4n) is 1.77. The molecule has 3 heteroatoms. The molecule has 2 heterocycles. The Morgan fingerprint density at radius 3 is 2.56 bits per heavy atom. The van der Waals surface area contributed by atoms with E-state index in [0.717, 1.165) is 12.1 Å². The summed E-state index contributed by atoms with van der Waals surface area (Å²) in [5.41, 5.74) is 0. The minimum Gasteiger partial charge on any atom is -0.311 e. The van der Waals surface area contributed by atoms with Crippen molar-refractivity contribution in [2.75, 3.05) is 20.1 Å². The minimum absolute atomic E-state index is 0. The van der Waals surface area contributed by atoms with E-state index in [2.05, 4.69) is 17.3 Å². The van der Waals surface area contributed by atoms with Gasteiger partial charge in [0.25, 0.3) is 0 Å². The van der Waals surface area contributed by atoms with Crippen molar-refractivity contribution in [3.05, 3.63) is 0 Å². The first-order valence-electron chi connectivity index (χ1n) is 3.30. The van der Waals surface area contributed by atoms with Crippen LogP contribution in [0.4, 0.5) is 0 Å². The Kier molecular flexibility index (Phi) is 2.03. The molecular formula is C6H14N2S. The zero-order chi connectivity index (χ0) is 5.56. The summed E-state index contributed by atoms with van der Waals surface area (Å²) in [6, 6.07) is 1.69. The van der Waals surface area contributed by atoms with Crippen LogP contribution in [-0.2, 0) is 0 Å². The predicted molar refractivity (Wildman–Crippen MR) is 43.2 cm³/mol. The van der Waals surface area contributed by atoms with Crippen molar-refractivity contribution in [3.8, 4) is 0 Å². The van der Waals surface area contributed by atoms with Gasteiger partial charge in [0.2, 0.25) is 0 Å². The Balaban J connectivity index is 0.000000405. The highest BCUT2D eigenvalue weighted by molar-refractivity contribution is 7.59. The average molecular weight is 146 g/mol. The van der Waals surface area contributed by atoms with Gasteiger partial charge in [0.1, 0.15) is 0 Å². The van der Waals surface area contributed by atoms with E-state index in [-0.39, 0.29) is 13.5 Å². The van der Waals surface area contributed by atoms with Crippen LogP contribution in [0.3, 0.4) is 0 Å². The molecule has 0 aromatic carbocycles. The third-order valence-electron chi connectivity index (χ3n) is 2.33. The summed E-state index contributed by atoms with van der Waals surface area (Å²) in [6.45, 7) is 2.49. The van der Waals surface area contributed by atoms with Crippen molar-refractivity contribution < 1.29 is 0 Å². The lowest BCUT2D eigenvalue weighted by molar-refractivity contribution is 0.276. The first-order valence-corrected chi connectivity index (χ1v) is 3.30. The molecule has 2 rings (SSSR count). The van der Waals surface area contributed by atoms with Crippen LogP contribution in [0.15, 0.2) is 0 Å². The SMILES string of the molecule is CN1CC2CC1CN2.S. The average Bonchev–Trinajstić information content (AvgIpc) is 2.23. The smallest absolute Gasteiger partial charge is 0.0233 e. The van der Waals surface area contributed by atoms with E-state index in [4.69, 9.17) is 0 Å². The van der Waals surface area contributed by atoms with Crippen LogP contribution < -0.4 is 5.32 Å². The number of piperazine rings is 1. The lowest BCUT2D eigenvalue weighted by Crippen LogP contribution is -2.41. The molecule has 0 aromatic rings. The largest absolute Gasteiger partial charge is 0.311 e. The predicted octanol–water partition coefficient (Wildman–Crippen LogP) is -0.225. The summed E-state index contributed by atoms with van der Waals surface area (Å²) in [7, 11) is 2.21. The van der Waals surface area contributed by atoms with Gasteiger partial charge in [-0.1, -0.05) is 0 Å². The summed E-state index contributed by atoms with van der Waals surface area (Å²) in [5, 5.41) is 3.44. The van der Waals surface area contributed by atoms with E-state index in [9.17, 15) is 0 Å². The number of likely N-dealkylation sites (N-methyl/N-ethyl adjacent to an activating group) is 1. The van der Waals surface area contributed by atoms with Crippen molar-refractivity contribution in [1.29, 1.82) is 0 Å². The van der Waals surface area contributed by atoms with Gasteiger partial charge in [-0.25, -0.2) is 0 Å². The zero-order valence-electron chi connectivity index (χ0n) is 5.72. The quantitative estimate of drug-likeness (QED) is 0.508. The van der Waals surface area contributed by atoms with Crippen molar-refractivity contribution in [2.45, 2.75) is 18.5 Å². The number of nitrogens with zero attached hydrogens (tertiary/aromatic N) is 1. The second kappa shape index (κ2) is 2.48. The molecule has 2 bridgehead atoms. The fraction of sp³-hybridized carbons (Fsp3) is 1.00. The van der Waals surface area contributed by atoms with E-state index in [0.29, 0.717) is 0 Å². The molecule has 2 fully saturated rings. The maximum atomic E-state index is 3.44. The molecule has 0 amide bonds. The Hall–Kier alpha value is 0.270. The van der Waals surface area contributed by atoms with Gasteiger partial charge in [0, 0.05) is 25.2 Å². The molecule has 2 aliphatic heterocycles. The molecular weight excluding hydrogens is 132 g/mol. The molecule has 2 saturated heterocycles. The number of fused-ring (bicyclic) bond motifs is 2. The van der Waals surface area contributed by atoms with E-state index in [1.54, 1.807) is 0 Å². The Morgan fingerprint density at radius 1 is 1.56 bits per heavy atom. The van der Waals surface area contributed by atoms with Gasteiger partial charge in [-0.2, -0.15) is 13.5 Å². The molecule has 2 unspecified atom stereocenters. The maximum Gasteiger partial charge on any atom is 0.0233 e.